The Morgan fingerprint density at radius 2 is 1.73 bits per heavy atom. The first-order valence-corrected chi connectivity index (χ1v) is 7.22. The lowest BCUT2D eigenvalue weighted by Gasteiger charge is -2.11. The summed E-state index contributed by atoms with van der Waals surface area (Å²) in [4.78, 5) is 16.7. The Kier molecular flexibility index (Phi) is 3.77. The monoisotopic (exact) mass is 311 g/mol. The first-order chi connectivity index (χ1) is 10.6. The van der Waals surface area contributed by atoms with Crippen molar-refractivity contribution in [3.63, 3.8) is 0 Å². The molecule has 0 bridgehead atoms. The van der Waals surface area contributed by atoms with Gasteiger partial charge in [0.1, 0.15) is 0 Å². The maximum absolute atomic E-state index is 12.3. The predicted molar refractivity (Wildman–Crippen MR) is 88.0 cm³/mol. The first kappa shape index (κ1) is 14.5. The minimum Gasteiger partial charge on any atom is -0.267 e. The number of aryl methyl sites for hydroxylation is 2. The Balaban J connectivity index is 2.30. The molecule has 0 atom stereocenters. The number of rotatable bonds is 2. The molecule has 0 aliphatic rings. The summed E-state index contributed by atoms with van der Waals surface area (Å²) >= 11 is 5.95. The molecule has 0 fully saturated rings. The van der Waals surface area contributed by atoms with Crippen LogP contribution in [0.25, 0.3) is 22.4 Å². The average molecular weight is 312 g/mol. The van der Waals surface area contributed by atoms with Crippen molar-refractivity contribution in [2.75, 3.05) is 0 Å². The number of benzene rings is 1. The van der Waals surface area contributed by atoms with Crippen molar-refractivity contribution in [2.45, 2.75) is 13.8 Å². The maximum Gasteiger partial charge on any atom is 0.274 e. The van der Waals surface area contributed by atoms with Crippen LogP contribution < -0.4 is 5.56 Å². The fourth-order valence-corrected chi connectivity index (χ4v) is 2.50. The number of halogens is 1. The summed E-state index contributed by atoms with van der Waals surface area (Å²) in [5.74, 6) is 0. The highest BCUT2D eigenvalue weighted by atomic mass is 35.5. The van der Waals surface area contributed by atoms with Gasteiger partial charge in [0, 0.05) is 16.8 Å². The molecule has 0 saturated heterocycles. The lowest BCUT2D eigenvalue weighted by molar-refractivity contribution is 0.949. The molecule has 0 saturated carbocycles. The highest BCUT2D eigenvalue weighted by Crippen LogP contribution is 2.30. The van der Waals surface area contributed by atoms with Crippen molar-refractivity contribution in [2.24, 2.45) is 0 Å². The topological polar surface area (TPSA) is 58.6 Å². The number of nitrogens with zero attached hydrogens (tertiary/aromatic N) is 2. The molecular weight excluding hydrogens is 298 g/mol. The Morgan fingerprint density at radius 1 is 1.00 bits per heavy atom. The van der Waals surface area contributed by atoms with E-state index >= 15 is 0 Å². The van der Waals surface area contributed by atoms with E-state index in [0.29, 0.717) is 16.3 Å². The highest BCUT2D eigenvalue weighted by Gasteiger charge is 2.16. The SMILES string of the molecule is Cc1ccc(-c2c(-c3ccc(Cl)cc3)c(C)n[nH]c2=O)nc1. The largest absolute Gasteiger partial charge is 0.274 e. The molecule has 0 amide bonds. The van der Waals surface area contributed by atoms with Crippen molar-refractivity contribution >= 4 is 11.6 Å². The summed E-state index contributed by atoms with van der Waals surface area (Å²) in [5, 5.41) is 7.26. The molecule has 2 heterocycles. The molecule has 3 aromatic rings. The molecule has 22 heavy (non-hydrogen) atoms. The molecular formula is C17H14ClN3O. The fourth-order valence-electron chi connectivity index (χ4n) is 2.37. The summed E-state index contributed by atoms with van der Waals surface area (Å²) in [7, 11) is 0. The van der Waals surface area contributed by atoms with Crippen LogP contribution in [-0.4, -0.2) is 15.2 Å². The van der Waals surface area contributed by atoms with Crippen LogP contribution in [0.3, 0.4) is 0 Å². The maximum atomic E-state index is 12.3. The van der Waals surface area contributed by atoms with Gasteiger partial charge in [-0.1, -0.05) is 29.8 Å². The van der Waals surface area contributed by atoms with Crippen LogP contribution in [0.5, 0.6) is 0 Å². The number of H-pyrrole nitrogens is 1. The number of nitrogens with one attached hydrogen (secondary N) is 1. The Hall–Kier alpha value is -2.46. The molecule has 1 N–H and O–H groups in total. The zero-order valence-corrected chi connectivity index (χ0v) is 13.0. The van der Waals surface area contributed by atoms with Gasteiger partial charge in [-0.25, -0.2) is 5.10 Å². The van der Waals surface area contributed by atoms with E-state index in [4.69, 9.17) is 11.6 Å². The van der Waals surface area contributed by atoms with E-state index < -0.39 is 0 Å². The van der Waals surface area contributed by atoms with Crippen molar-refractivity contribution in [1.82, 2.24) is 15.2 Å². The second-order valence-electron chi connectivity index (χ2n) is 5.12. The fraction of sp³-hybridized carbons (Fsp3) is 0.118. The van der Waals surface area contributed by atoms with Crippen LogP contribution in [0, 0.1) is 13.8 Å². The molecule has 4 nitrogen and oxygen atoms in total. The Morgan fingerprint density at radius 3 is 2.36 bits per heavy atom. The van der Waals surface area contributed by atoms with E-state index in [9.17, 15) is 4.79 Å². The number of hydrogen-bond donors (Lipinski definition) is 1. The molecule has 5 heteroatoms. The van der Waals surface area contributed by atoms with E-state index in [1.165, 1.54) is 0 Å². The number of aromatic nitrogens is 3. The lowest BCUT2D eigenvalue weighted by atomic mass is 9.97. The summed E-state index contributed by atoms with van der Waals surface area (Å²) in [6.07, 6.45) is 1.75. The number of aromatic amines is 1. The second kappa shape index (κ2) is 5.73. The van der Waals surface area contributed by atoms with Gasteiger partial charge in [0.25, 0.3) is 5.56 Å². The highest BCUT2D eigenvalue weighted by molar-refractivity contribution is 6.30. The lowest BCUT2D eigenvalue weighted by Crippen LogP contribution is -2.14. The first-order valence-electron chi connectivity index (χ1n) is 6.84. The molecule has 0 aliphatic heterocycles. The van der Waals surface area contributed by atoms with Crippen LogP contribution in [0.1, 0.15) is 11.3 Å². The molecule has 0 unspecified atom stereocenters. The summed E-state index contributed by atoms with van der Waals surface area (Å²) in [6, 6.07) is 11.1. The molecule has 0 aliphatic carbocycles. The average Bonchev–Trinajstić information content (AvgIpc) is 2.51. The van der Waals surface area contributed by atoms with Crippen molar-refractivity contribution in [3.05, 3.63) is 69.2 Å². The third-order valence-corrected chi connectivity index (χ3v) is 3.72. The minimum atomic E-state index is -0.257. The number of pyridine rings is 1. The molecule has 0 radical (unpaired) electrons. The smallest absolute Gasteiger partial charge is 0.267 e. The Bertz CT molecular complexity index is 868. The molecule has 0 spiro atoms. The van der Waals surface area contributed by atoms with Gasteiger partial charge in [-0.15, -0.1) is 0 Å². The van der Waals surface area contributed by atoms with Crippen molar-refractivity contribution < 1.29 is 0 Å². The van der Waals surface area contributed by atoms with E-state index in [1.807, 2.05) is 38.1 Å². The van der Waals surface area contributed by atoms with Crippen LogP contribution in [0.2, 0.25) is 5.02 Å². The molecule has 3 rings (SSSR count). The summed E-state index contributed by atoms with van der Waals surface area (Å²) in [5.41, 5.74) is 4.33. The van der Waals surface area contributed by atoms with Gasteiger partial charge >= 0.3 is 0 Å². The van der Waals surface area contributed by atoms with Crippen molar-refractivity contribution in [3.8, 4) is 22.4 Å². The van der Waals surface area contributed by atoms with E-state index in [2.05, 4.69) is 15.2 Å². The quantitative estimate of drug-likeness (QED) is 0.783. The van der Waals surface area contributed by atoms with Crippen LogP contribution in [-0.2, 0) is 0 Å². The molecule has 2 aromatic heterocycles. The van der Waals surface area contributed by atoms with E-state index in [-0.39, 0.29) is 5.56 Å². The zero-order valence-electron chi connectivity index (χ0n) is 12.2. The third-order valence-electron chi connectivity index (χ3n) is 3.46. The molecule has 110 valence electrons. The Labute approximate surface area is 132 Å². The summed E-state index contributed by atoms with van der Waals surface area (Å²) < 4.78 is 0. The van der Waals surface area contributed by atoms with E-state index in [1.54, 1.807) is 18.3 Å². The van der Waals surface area contributed by atoms with Crippen LogP contribution >= 0.6 is 11.6 Å². The van der Waals surface area contributed by atoms with Gasteiger partial charge in [0.05, 0.1) is 17.0 Å². The van der Waals surface area contributed by atoms with Gasteiger partial charge in [0.15, 0.2) is 0 Å². The third kappa shape index (κ3) is 2.65. The van der Waals surface area contributed by atoms with Gasteiger partial charge < -0.3 is 0 Å². The minimum absolute atomic E-state index is 0.257. The van der Waals surface area contributed by atoms with Crippen molar-refractivity contribution in [1.29, 1.82) is 0 Å². The second-order valence-corrected chi connectivity index (χ2v) is 5.55. The van der Waals surface area contributed by atoms with Crippen LogP contribution in [0.4, 0.5) is 0 Å². The molecule has 1 aromatic carbocycles. The van der Waals surface area contributed by atoms with Crippen LogP contribution in [0.15, 0.2) is 47.4 Å². The number of hydrogen-bond acceptors (Lipinski definition) is 3. The zero-order chi connectivity index (χ0) is 15.7. The van der Waals surface area contributed by atoms with Gasteiger partial charge in [-0.05, 0) is 43.2 Å². The standard InChI is InChI=1S/C17H14ClN3O/c1-10-3-8-14(19-9-10)16-15(11(2)20-21-17(16)22)12-4-6-13(18)7-5-12/h3-9H,1-2H3,(H,21,22). The summed E-state index contributed by atoms with van der Waals surface area (Å²) in [6.45, 7) is 3.82. The van der Waals surface area contributed by atoms with Gasteiger partial charge in [0.2, 0.25) is 0 Å². The van der Waals surface area contributed by atoms with Gasteiger partial charge in [-0.3, -0.25) is 9.78 Å². The van der Waals surface area contributed by atoms with Gasteiger partial charge in [-0.2, -0.15) is 5.10 Å². The van der Waals surface area contributed by atoms with E-state index in [0.717, 1.165) is 22.4 Å². The predicted octanol–water partition coefficient (Wildman–Crippen LogP) is 3.77. The normalized spacial score (nSPS) is 10.7.